The lowest BCUT2D eigenvalue weighted by molar-refractivity contribution is 0.813. The molecule has 6 aromatic carbocycles. The van der Waals surface area contributed by atoms with E-state index < -0.39 is 0 Å². The van der Waals surface area contributed by atoms with Gasteiger partial charge in [0.15, 0.2) is 5.82 Å². The molecule has 0 saturated heterocycles. The van der Waals surface area contributed by atoms with Gasteiger partial charge in [0.2, 0.25) is 0 Å². The smallest absolute Gasteiger partial charge is 0.160 e. The summed E-state index contributed by atoms with van der Waals surface area (Å²) < 4.78 is 4.92. The number of benzene rings is 6. The van der Waals surface area contributed by atoms with Gasteiger partial charge in [-0.1, -0.05) is 146 Å². The predicted molar refractivity (Wildman–Crippen MR) is 232 cm³/mol. The minimum Gasteiger partial charge on any atom is -0.313 e. The zero-order valence-electron chi connectivity index (χ0n) is 30.9. The van der Waals surface area contributed by atoms with Crippen LogP contribution >= 0.6 is 0 Å². The van der Waals surface area contributed by atoms with Gasteiger partial charge in [0.25, 0.3) is 0 Å². The van der Waals surface area contributed by atoms with Crippen molar-refractivity contribution in [3.63, 3.8) is 0 Å². The molecule has 4 heteroatoms. The van der Waals surface area contributed by atoms with Crippen LogP contribution in [0.2, 0.25) is 0 Å². The molecule has 56 heavy (non-hydrogen) atoms. The molecule has 0 aliphatic heterocycles. The Bertz CT molecular complexity index is 3000. The highest BCUT2D eigenvalue weighted by Crippen LogP contribution is 2.39. The number of hydrogen-bond acceptors (Lipinski definition) is 2. The van der Waals surface area contributed by atoms with Gasteiger partial charge in [-0.05, 0) is 72.9 Å². The summed E-state index contributed by atoms with van der Waals surface area (Å²) in [5.74, 6) is 0.862. The number of hydrogen-bond donors (Lipinski definition) is 0. The first-order valence-electron chi connectivity index (χ1n) is 19.6. The fourth-order valence-corrected chi connectivity index (χ4v) is 8.87. The third-order valence-electron chi connectivity index (χ3n) is 11.5. The van der Waals surface area contributed by atoms with Gasteiger partial charge in [-0.15, -0.1) is 0 Å². The summed E-state index contributed by atoms with van der Waals surface area (Å²) in [6.07, 6.45) is 14.4. The zero-order chi connectivity index (χ0) is 37.0. The molecular formula is C52H38N4. The number of allylic oxidation sites excluding steroid dienone is 5. The fourth-order valence-electron chi connectivity index (χ4n) is 8.87. The normalized spacial score (nSPS) is 15.1. The number of fused-ring (bicyclic) bond motifs is 6. The van der Waals surface area contributed by atoms with E-state index in [0.717, 1.165) is 59.0 Å². The molecule has 0 amide bonds. The van der Waals surface area contributed by atoms with Gasteiger partial charge >= 0.3 is 0 Å². The van der Waals surface area contributed by atoms with Crippen LogP contribution in [0.4, 0.5) is 0 Å². The topological polar surface area (TPSA) is 35.6 Å². The summed E-state index contributed by atoms with van der Waals surface area (Å²) in [5.41, 5.74) is 15.0. The summed E-state index contributed by atoms with van der Waals surface area (Å²) in [6, 6.07) is 56.6. The predicted octanol–water partition coefficient (Wildman–Crippen LogP) is 12.9. The van der Waals surface area contributed by atoms with E-state index in [1.165, 1.54) is 55.1 Å². The Hall–Kier alpha value is -7.04. The zero-order valence-corrected chi connectivity index (χ0v) is 30.9. The number of rotatable bonds is 6. The molecule has 2 aliphatic carbocycles. The first-order valence-corrected chi connectivity index (χ1v) is 19.6. The second-order valence-corrected chi connectivity index (χ2v) is 14.9. The largest absolute Gasteiger partial charge is 0.313 e. The first-order chi connectivity index (χ1) is 27.8. The van der Waals surface area contributed by atoms with Crippen LogP contribution in [0.3, 0.4) is 0 Å². The second-order valence-electron chi connectivity index (χ2n) is 14.9. The molecule has 1 atom stereocenters. The number of aromatic nitrogens is 4. The molecule has 3 heterocycles. The average molecular weight is 719 g/mol. The fraction of sp³-hybridized carbons (Fsp3) is 0.0769. The SMILES string of the molecule is C1=Cc2c(n(-c3cc(-c4cc(C5C=CC(c6ccccc6)=CC5)nc(-c5ccccc5)n4)cc(-n4c5ccccc5c5ccccc54)c3)c3ccccc23)CC1. The quantitative estimate of drug-likeness (QED) is 0.172. The van der Waals surface area contributed by atoms with Crippen molar-refractivity contribution in [2.75, 3.05) is 0 Å². The maximum atomic E-state index is 5.37. The molecular weight excluding hydrogens is 681 g/mol. The monoisotopic (exact) mass is 718 g/mol. The molecule has 9 aromatic rings. The Morgan fingerprint density at radius 1 is 0.518 bits per heavy atom. The van der Waals surface area contributed by atoms with E-state index in [9.17, 15) is 0 Å². The van der Waals surface area contributed by atoms with Crippen molar-refractivity contribution in [1.29, 1.82) is 0 Å². The van der Waals surface area contributed by atoms with Crippen LogP contribution in [0.15, 0.2) is 182 Å². The molecule has 11 rings (SSSR count). The molecule has 0 radical (unpaired) electrons. The van der Waals surface area contributed by atoms with Gasteiger partial charge in [-0.3, -0.25) is 0 Å². The standard InChI is InChI=1S/C52H38N4/c1-3-15-35(16-4-1)36-27-29-37(30-28-36)46-34-47(54-52(53-46)38-17-5-2-6-18-38)39-31-40(55-48-23-11-7-19-42(48)43-20-8-12-24-49(43)55)33-41(32-39)56-50-25-13-9-21-44(50)45-22-10-14-26-51(45)56/h1-13,15-25,27-29,31-34,37H,14,26,30H2. The Morgan fingerprint density at radius 3 is 1.80 bits per heavy atom. The second kappa shape index (κ2) is 13.4. The molecule has 0 bridgehead atoms. The molecule has 2 aliphatic rings. The van der Waals surface area contributed by atoms with Gasteiger partial charge < -0.3 is 9.13 Å². The van der Waals surface area contributed by atoms with E-state index in [2.05, 4.69) is 191 Å². The van der Waals surface area contributed by atoms with Crippen molar-refractivity contribution < 1.29 is 0 Å². The molecule has 1 unspecified atom stereocenters. The van der Waals surface area contributed by atoms with Crippen molar-refractivity contribution in [1.82, 2.24) is 19.1 Å². The highest BCUT2D eigenvalue weighted by atomic mass is 15.0. The van der Waals surface area contributed by atoms with Gasteiger partial charge in [-0.25, -0.2) is 9.97 Å². The van der Waals surface area contributed by atoms with Gasteiger partial charge in [0.1, 0.15) is 0 Å². The van der Waals surface area contributed by atoms with Gasteiger partial charge in [0, 0.05) is 55.8 Å². The highest BCUT2D eigenvalue weighted by molar-refractivity contribution is 6.09. The van der Waals surface area contributed by atoms with Crippen molar-refractivity contribution in [3.05, 3.63) is 205 Å². The third kappa shape index (κ3) is 5.45. The highest BCUT2D eigenvalue weighted by Gasteiger charge is 2.22. The summed E-state index contributed by atoms with van der Waals surface area (Å²) in [6.45, 7) is 0. The maximum absolute atomic E-state index is 5.37. The molecule has 0 N–H and O–H groups in total. The van der Waals surface area contributed by atoms with E-state index in [4.69, 9.17) is 9.97 Å². The molecule has 4 nitrogen and oxygen atoms in total. The minimum absolute atomic E-state index is 0.124. The van der Waals surface area contributed by atoms with Crippen LogP contribution in [-0.4, -0.2) is 19.1 Å². The van der Waals surface area contributed by atoms with E-state index in [0.29, 0.717) is 0 Å². The van der Waals surface area contributed by atoms with Crippen molar-refractivity contribution in [2.24, 2.45) is 0 Å². The van der Waals surface area contributed by atoms with E-state index in [1.807, 2.05) is 6.07 Å². The molecule has 0 saturated carbocycles. The molecule has 266 valence electrons. The van der Waals surface area contributed by atoms with Crippen LogP contribution in [0.25, 0.3) is 78.4 Å². The van der Waals surface area contributed by atoms with E-state index >= 15 is 0 Å². The van der Waals surface area contributed by atoms with Crippen LogP contribution < -0.4 is 0 Å². The van der Waals surface area contributed by atoms with Crippen LogP contribution in [0.1, 0.15) is 41.3 Å². The van der Waals surface area contributed by atoms with Gasteiger partial charge in [-0.2, -0.15) is 0 Å². The Labute approximate surface area is 326 Å². The van der Waals surface area contributed by atoms with Crippen molar-refractivity contribution in [3.8, 4) is 34.0 Å². The Balaban J connectivity index is 1.15. The number of nitrogens with zero attached hydrogens (tertiary/aromatic N) is 4. The summed E-state index contributed by atoms with van der Waals surface area (Å²) in [7, 11) is 0. The molecule has 3 aromatic heterocycles. The van der Waals surface area contributed by atoms with Crippen molar-refractivity contribution >= 4 is 44.4 Å². The lowest BCUT2D eigenvalue weighted by atomic mass is 9.90. The number of para-hydroxylation sites is 3. The van der Waals surface area contributed by atoms with Crippen molar-refractivity contribution in [2.45, 2.75) is 25.2 Å². The van der Waals surface area contributed by atoms with E-state index in [1.54, 1.807) is 0 Å². The summed E-state index contributed by atoms with van der Waals surface area (Å²) >= 11 is 0. The average Bonchev–Trinajstić information content (AvgIpc) is 3.80. The lowest BCUT2D eigenvalue weighted by Crippen LogP contribution is -2.07. The Kier molecular flexibility index (Phi) is 7.73. The molecule has 0 spiro atoms. The lowest BCUT2D eigenvalue weighted by Gasteiger charge is -2.20. The summed E-state index contributed by atoms with van der Waals surface area (Å²) in [4.78, 5) is 10.6. The third-order valence-corrected chi connectivity index (χ3v) is 11.5. The van der Waals surface area contributed by atoms with Gasteiger partial charge in [0.05, 0.1) is 27.9 Å². The minimum atomic E-state index is 0.124. The van der Waals surface area contributed by atoms with E-state index in [-0.39, 0.29) is 5.92 Å². The maximum Gasteiger partial charge on any atom is 0.160 e. The summed E-state index contributed by atoms with van der Waals surface area (Å²) in [5, 5.41) is 3.77. The Morgan fingerprint density at radius 2 is 1.12 bits per heavy atom. The van der Waals surface area contributed by atoms with Crippen LogP contribution in [-0.2, 0) is 6.42 Å². The van der Waals surface area contributed by atoms with Crippen LogP contribution in [0.5, 0.6) is 0 Å². The first kappa shape index (κ1) is 32.4. The van der Waals surface area contributed by atoms with Crippen LogP contribution in [0, 0.1) is 0 Å². The molecule has 0 fully saturated rings.